The number of rotatable bonds is 4. The normalized spacial score (nSPS) is 18.0. The van der Waals surface area contributed by atoms with Crippen LogP contribution < -0.4 is 4.74 Å². The van der Waals surface area contributed by atoms with E-state index in [1.165, 1.54) is 0 Å². The molecule has 4 heteroatoms. The summed E-state index contributed by atoms with van der Waals surface area (Å²) in [5, 5.41) is 0. The highest BCUT2D eigenvalue weighted by Crippen LogP contribution is 2.32. The lowest BCUT2D eigenvalue weighted by Gasteiger charge is -2.23. The molecule has 1 saturated heterocycles. The zero-order chi connectivity index (χ0) is 14.7. The summed E-state index contributed by atoms with van der Waals surface area (Å²) >= 11 is 0. The fraction of sp³-hybridized carbons (Fsp3) is 0.353. The number of carbonyl (C=O) groups is 1. The minimum atomic E-state index is 0.0816. The van der Waals surface area contributed by atoms with Crippen LogP contribution in [0.1, 0.15) is 30.2 Å². The van der Waals surface area contributed by atoms with Crippen molar-refractivity contribution in [2.45, 2.75) is 25.3 Å². The van der Waals surface area contributed by atoms with Crippen molar-refractivity contribution in [3.8, 4) is 5.75 Å². The number of likely N-dealkylation sites (tertiary alicyclic amines) is 1. The molecule has 0 spiro atoms. The van der Waals surface area contributed by atoms with Crippen molar-refractivity contribution in [2.24, 2.45) is 0 Å². The summed E-state index contributed by atoms with van der Waals surface area (Å²) in [4.78, 5) is 14.5. The zero-order valence-electron chi connectivity index (χ0n) is 12.1. The molecule has 2 aromatic rings. The zero-order valence-corrected chi connectivity index (χ0v) is 12.1. The van der Waals surface area contributed by atoms with Gasteiger partial charge in [0.2, 0.25) is 5.91 Å². The van der Waals surface area contributed by atoms with Gasteiger partial charge in [0.25, 0.3) is 0 Å². The molecule has 0 bridgehead atoms. The molecule has 0 unspecified atom stereocenters. The van der Waals surface area contributed by atoms with Gasteiger partial charge in [-0.3, -0.25) is 4.79 Å². The number of benzene rings is 1. The summed E-state index contributed by atoms with van der Waals surface area (Å²) in [6.45, 7) is 0.800. The lowest BCUT2D eigenvalue weighted by molar-refractivity contribution is -0.131. The van der Waals surface area contributed by atoms with Crippen molar-refractivity contribution in [3.05, 3.63) is 54.0 Å². The lowest BCUT2D eigenvalue weighted by Crippen LogP contribution is -2.31. The van der Waals surface area contributed by atoms with Gasteiger partial charge in [-0.2, -0.15) is 0 Å². The Morgan fingerprint density at radius 2 is 2.29 bits per heavy atom. The molecule has 1 atom stereocenters. The van der Waals surface area contributed by atoms with Crippen molar-refractivity contribution in [1.29, 1.82) is 0 Å². The van der Waals surface area contributed by atoms with Gasteiger partial charge in [0.1, 0.15) is 11.5 Å². The minimum absolute atomic E-state index is 0.0816. The molecule has 110 valence electrons. The van der Waals surface area contributed by atoms with Crippen molar-refractivity contribution in [2.75, 3.05) is 13.7 Å². The van der Waals surface area contributed by atoms with Crippen LogP contribution in [0.4, 0.5) is 0 Å². The second-order valence-corrected chi connectivity index (χ2v) is 5.29. The van der Waals surface area contributed by atoms with E-state index in [0.717, 1.165) is 36.5 Å². The molecule has 0 aliphatic carbocycles. The summed E-state index contributed by atoms with van der Waals surface area (Å²) in [6, 6.07) is 11.6. The summed E-state index contributed by atoms with van der Waals surface area (Å²) in [7, 11) is 1.63. The number of carbonyl (C=O) groups excluding carboxylic acids is 1. The quantitative estimate of drug-likeness (QED) is 0.866. The standard InChI is InChI=1S/C17H19NO3/c1-20-14-6-2-5-13(11-14)12-17(19)18-9-3-7-15(18)16-8-4-10-21-16/h2,4-6,8,10-11,15H,3,7,9,12H2,1H3/t15-/m0/s1. The van der Waals surface area contributed by atoms with Gasteiger partial charge in [-0.1, -0.05) is 12.1 Å². The fourth-order valence-corrected chi connectivity index (χ4v) is 2.90. The van der Waals surface area contributed by atoms with Crippen LogP contribution in [0.3, 0.4) is 0 Å². The number of ether oxygens (including phenoxy) is 1. The Kier molecular flexibility index (Phi) is 3.95. The average Bonchev–Trinajstić information content (AvgIpc) is 3.18. The molecule has 3 rings (SSSR count). The number of amides is 1. The Morgan fingerprint density at radius 3 is 3.05 bits per heavy atom. The monoisotopic (exact) mass is 285 g/mol. The molecule has 1 aliphatic rings. The second-order valence-electron chi connectivity index (χ2n) is 5.29. The van der Waals surface area contributed by atoms with Gasteiger partial charge in [0, 0.05) is 6.54 Å². The highest BCUT2D eigenvalue weighted by Gasteiger charge is 2.31. The SMILES string of the molecule is COc1cccc(CC(=O)N2CCC[C@H]2c2ccco2)c1. The number of furan rings is 1. The average molecular weight is 285 g/mol. The molecule has 0 saturated carbocycles. The van der Waals surface area contributed by atoms with Crippen LogP contribution in [-0.4, -0.2) is 24.5 Å². The first-order valence-electron chi connectivity index (χ1n) is 7.24. The molecular weight excluding hydrogens is 266 g/mol. The highest BCUT2D eigenvalue weighted by atomic mass is 16.5. The Balaban J connectivity index is 1.72. The van der Waals surface area contributed by atoms with E-state index in [2.05, 4.69) is 0 Å². The topological polar surface area (TPSA) is 42.7 Å². The predicted octanol–water partition coefficient (Wildman–Crippen LogP) is 3.19. The summed E-state index contributed by atoms with van der Waals surface area (Å²) in [5.41, 5.74) is 0.976. The first-order chi connectivity index (χ1) is 10.3. The van der Waals surface area contributed by atoms with E-state index in [1.807, 2.05) is 41.3 Å². The van der Waals surface area contributed by atoms with E-state index in [-0.39, 0.29) is 11.9 Å². The van der Waals surface area contributed by atoms with Crippen molar-refractivity contribution >= 4 is 5.91 Å². The van der Waals surface area contributed by atoms with E-state index in [9.17, 15) is 4.79 Å². The molecule has 1 amide bonds. The third-order valence-corrected chi connectivity index (χ3v) is 3.93. The van der Waals surface area contributed by atoms with Crippen LogP contribution in [0.5, 0.6) is 5.75 Å². The van der Waals surface area contributed by atoms with Gasteiger partial charge in [-0.05, 0) is 42.7 Å². The fourth-order valence-electron chi connectivity index (χ4n) is 2.90. The maximum atomic E-state index is 12.6. The largest absolute Gasteiger partial charge is 0.497 e. The van der Waals surface area contributed by atoms with Crippen LogP contribution in [0.25, 0.3) is 0 Å². The number of hydrogen-bond donors (Lipinski definition) is 0. The van der Waals surface area contributed by atoms with E-state index in [1.54, 1.807) is 13.4 Å². The molecular formula is C17H19NO3. The maximum absolute atomic E-state index is 12.6. The van der Waals surface area contributed by atoms with Crippen molar-refractivity contribution in [3.63, 3.8) is 0 Å². The first kappa shape index (κ1) is 13.7. The summed E-state index contributed by atoms with van der Waals surface area (Å²) < 4.78 is 10.7. The van der Waals surface area contributed by atoms with Gasteiger partial charge in [-0.25, -0.2) is 0 Å². The third kappa shape index (κ3) is 2.94. The molecule has 0 N–H and O–H groups in total. The molecule has 2 heterocycles. The smallest absolute Gasteiger partial charge is 0.227 e. The van der Waals surface area contributed by atoms with Crippen LogP contribution in [-0.2, 0) is 11.2 Å². The van der Waals surface area contributed by atoms with Crippen LogP contribution in [0.15, 0.2) is 47.1 Å². The van der Waals surface area contributed by atoms with Crippen LogP contribution in [0, 0.1) is 0 Å². The van der Waals surface area contributed by atoms with Gasteiger partial charge >= 0.3 is 0 Å². The number of nitrogens with zero attached hydrogens (tertiary/aromatic N) is 1. The number of methoxy groups -OCH3 is 1. The highest BCUT2D eigenvalue weighted by molar-refractivity contribution is 5.79. The van der Waals surface area contributed by atoms with Crippen molar-refractivity contribution < 1.29 is 13.9 Å². The lowest BCUT2D eigenvalue weighted by atomic mass is 10.1. The van der Waals surface area contributed by atoms with Gasteiger partial charge in [0.15, 0.2) is 0 Å². The maximum Gasteiger partial charge on any atom is 0.227 e. The Bertz CT molecular complexity index is 606. The van der Waals surface area contributed by atoms with Gasteiger partial charge < -0.3 is 14.1 Å². The summed E-state index contributed by atoms with van der Waals surface area (Å²) in [6.07, 6.45) is 4.05. The molecule has 4 nitrogen and oxygen atoms in total. The van der Waals surface area contributed by atoms with Crippen molar-refractivity contribution in [1.82, 2.24) is 4.90 Å². The summed E-state index contributed by atoms with van der Waals surface area (Å²) in [5.74, 6) is 1.80. The molecule has 1 aliphatic heterocycles. The Labute approximate surface area is 124 Å². The minimum Gasteiger partial charge on any atom is -0.497 e. The third-order valence-electron chi connectivity index (χ3n) is 3.93. The predicted molar refractivity (Wildman–Crippen MR) is 79.1 cm³/mol. The molecule has 1 fully saturated rings. The van der Waals surface area contributed by atoms with E-state index in [4.69, 9.17) is 9.15 Å². The molecule has 0 radical (unpaired) electrons. The number of hydrogen-bond acceptors (Lipinski definition) is 3. The molecule has 1 aromatic heterocycles. The molecule has 21 heavy (non-hydrogen) atoms. The van der Waals surface area contributed by atoms with E-state index in [0.29, 0.717) is 6.42 Å². The van der Waals surface area contributed by atoms with Crippen LogP contribution >= 0.6 is 0 Å². The second kappa shape index (κ2) is 6.04. The van der Waals surface area contributed by atoms with Gasteiger partial charge in [-0.15, -0.1) is 0 Å². The van der Waals surface area contributed by atoms with E-state index < -0.39 is 0 Å². The van der Waals surface area contributed by atoms with Gasteiger partial charge in [0.05, 0.1) is 25.8 Å². The molecule has 1 aromatic carbocycles. The Morgan fingerprint density at radius 1 is 1.38 bits per heavy atom. The van der Waals surface area contributed by atoms with E-state index >= 15 is 0 Å². The van der Waals surface area contributed by atoms with Crippen LogP contribution in [0.2, 0.25) is 0 Å². The Hall–Kier alpha value is -2.23. The first-order valence-corrected chi connectivity index (χ1v) is 7.24.